The molecular weight excluding hydrogens is 332 g/mol. The maximum Gasteiger partial charge on any atom is 0.273 e. The summed E-state index contributed by atoms with van der Waals surface area (Å²) in [4.78, 5) is 11.0. The normalized spacial score (nSPS) is 11.2. The lowest BCUT2D eigenvalue weighted by Gasteiger charge is -2.09. The van der Waals surface area contributed by atoms with Crippen LogP contribution in [0.5, 0.6) is 11.5 Å². The molecule has 2 aromatic carbocycles. The third-order valence-electron chi connectivity index (χ3n) is 4.00. The minimum Gasteiger partial charge on any atom is -0.493 e. The zero-order valence-corrected chi connectivity index (χ0v) is 15.1. The molecule has 0 bridgehead atoms. The van der Waals surface area contributed by atoms with E-state index in [9.17, 15) is 15.4 Å². The standard InChI is InChI=1S/C20H20N2O4/c1-13(2)17-7-5-14(10-18(17)22(23)24)9-16(12-21)15-6-8-19(25-3)20(11-15)26-4/h5-11,13H,1-4H3. The number of nitriles is 1. The van der Waals surface area contributed by atoms with Crippen LogP contribution < -0.4 is 9.47 Å². The Kier molecular flexibility index (Phi) is 5.97. The number of nitro groups is 1. The van der Waals surface area contributed by atoms with Gasteiger partial charge in [0.1, 0.15) is 0 Å². The smallest absolute Gasteiger partial charge is 0.273 e. The van der Waals surface area contributed by atoms with Crippen molar-refractivity contribution >= 4 is 17.3 Å². The molecule has 26 heavy (non-hydrogen) atoms. The second kappa shape index (κ2) is 8.17. The fourth-order valence-electron chi connectivity index (χ4n) is 2.65. The summed E-state index contributed by atoms with van der Waals surface area (Å²) < 4.78 is 10.5. The van der Waals surface area contributed by atoms with Crippen molar-refractivity contribution in [1.82, 2.24) is 0 Å². The number of nitro benzene ring substituents is 1. The van der Waals surface area contributed by atoms with E-state index in [1.807, 2.05) is 13.8 Å². The fraction of sp³-hybridized carbons (Fsp3) is 0.250. The Labute approximate surface area is 152 Å². The predicted molar refractivity (Wildman–Crippen MR) is 100 cm³/mol. The zero-order valence-electron chi connectivity index (χ0n) is 15.1. The Morgan fingerprint density at radius 3 is 2.38 bits per heavy atom. The van der Waals surface area contributed by atoms with Gasteiger partial charge in [-0.3, -0.25) is 10.1 Å². The zero-order chi connectivity index (χ0) is 19.3. The third-order valence-corrected chi connectivity index (χ3v) is 4.00. The molecular formula is C20H20N2O4. The van der Waals surface area contributed by atoms with E-state index in [4.69, 9.17) is 9.47 Å². The van der Waals surface area contributed by atoms with Gasteiger partial charge in [-0.05, 0) is 41.3 Å². The van der Waals surface area contributed by atoms with Gasteiger partial charge in [0.15, 0.2) is 11.5 Å². The Bertz CT molecular complexity index is 895. The summed E-state index contributed by atoms with van der Waals surface area (Å²) in [6, 6.07) is 12.3. The topological polar surface area (TPSA) is 85.4 Å². The van der Waals surface area contributed by atoms with Crippen LogP contribution in [0.2, 0.25) is 0 Å². The SMILES string of the molecule is COc1ccc(C(C#N)=Cc2ccc(C(C)C)c([N+](=O)[O-])c2)cc1OC. The third kappa shape index (κ3) is 4.01. The van der Waals surface area contributed by atoms with Gasteiger partial charge in [-0.1, -0.05) is 26.0 Å². The first-order valence-corrected chi connectivity index (χ1v) is 8.03. The number of benzene rings is 2. The molecule has 0 saturated carbocycles. The molecule has 0 amide bonds. The lowest BCUT2D eigenvalue weighted by atomic mass is 9.97. The van der Waals surface area contributed by atoms with Crippen molar-refractivity contribution in [3.63, 3.8) is 0 Å². The molecule has 0 radical (unpaired) electrons. The number of ether oxygens (including phenoxy) is 2. The van der Waals surface area contributed by atoms with E-state index in [0.29, 0.717) is 33.8 Å². The van der Waals surface area contributed by atoms with Crippen molar-refractivity contribution in [3.05, 3.63) is 63.2 Å². The molecule has 2 aromatic rings. The molecule has 0 heterocycles. The molecule has 0 aliphatic rings. The Balaban J connectivity index is 2.51. The molecule has 0 unspecified atom stereocenters. The fourth-order valence-corrected chi connectivity index (χ4v) is 2.65. The van der Waals surface area contributed by atoms with E-state index in [1.54, 1.807) is 36.4 Å². The minimum absolute atomic E-state index is 0.0368. The van der Waals surface area contributed by atoms with Crippen LogP contribution in [0.4, 0.5) is 5.69 Å². The van der Waals surface area contributed by atoms with Gasteiger partial charge in [0.05, 0.1) is 30.8 Å². The second-order valence-electron chi connectivity index (χ2n) is 5.97. The molecule has 2 rings (SSSR count). The molecule has 0 spiro atoms. The predicted octanol–water partition coefficient (Wildman–Crippen LogP) is 4.80. The molecule has 0 saturated heterocycles. The van der Waals surface area contributed by atoms with Gasteiger partial charge < -0.3 is 9.47 Å². The Hall–Kier alpha value is -3.33. The number of methoxy groups -OCH3 is 2. The lowest BCUT2D eigenvalue weighted by molar-refractivity contribution is -0.385. The average molecular weight is 352 g/mol. The van der Waals surface area contributed by atoms with Gasteiger partial charge in [0.25, 0.3) is 5.69 Å². The highest BCUT2D eigenvalue weighted by atomic mass is 16.6. The molecule has 0 fully saturated rings. The van der Waals surface area contributed by atoms with E-state index in [-0.39, 0.29) is 11.6 Å². The van der Waals surface area contributed by atoms with Crippen molar-refractivity contribution < 1.29 is 14.4 Å². The van der Waals surface area contributed by atoms with Gasteiger partial charge in [-0.25, -0.2) is 0 Å². The van der Waals surface area contributed by atoms with Crippen molar-refractivity contribution in [3.8, 4) is 17.6 Å². The van der Waals surface area contributed by atoms with Crippen LogP contribution in [0.1, 0.15) is 36.5 Å². The summed E-state index contributed by atoms with van der Waals surface area (Å²) in [5.74, 6) is 1.10. The molecule has 0 aliphatic heterocycles. The molecule has 0 atom stereocenters. The largest absolute Gasteiger partial charge is 0.493 e. The summed E-state index contributed by atoms with van der Waals surface area (Å²) in [7, 11) is 3.05. The summed E-state index contributed by atoms with van der Waals surface area (Å²) in [6.07, 6.45) is 1.62. The summed E-state index contributed by atoms with van der Waals surface area (Å²) in [6.45, 7) is 3.81. The number of rotatable bonds is 6. The summed E-state index contributed by atoms with van der Waals surface area (Å²) >= 11 is 0. The molecule has 0 aromatic heterocycles. The summed E-state index contributed by atoms with van der Waals surface area (Å²) in [5.41, 5.74) is 2.32. The van der Waals surface area contributed by atoms with Gasteiger partial charge in [0, 0.05) is 11.6 Å². The number of nitrogens with zero attached hydrogens (tertiary/aromatic N) is 2. The van der Waals surface area contributed by atoms with Crippen molar-refractivity contribution in [2.45, 2.75) is 19.8 Å². The highest BCUT2D eigenvalue weighted by Gasteiger charge is 2.17. The lowest BCUT2D eigenvalue weighted by Crippen LogP contribution is -1.98. The number of hydrogen-bond donors (Lipinski definition) is 0. The van der Waals surface area contributed by atoms with Crippen molar-refractivity contribution in [2.75, 3.05) is 14.2 Å². The Morgan fingerprint density at radius 1 is 1.15 bits per heavy atom. The van der Waals surface area contributed by atoms with E-state index in [1.165, 1.54) is 20.3 Å². The van der Waals surface area contributed by atoms with Crippen molar-refractivity contribution in [2.24, 2.45) is 0 Å². The highest BCUT2D eigenvalue weighted by Crippen LogP contribution is 2.32. The summed E-state index contributed by atoms with van der Waals surface area (Å²) in [5, 5.41) is 20.9. The molecule has 0 N–H and O–H groups in total. The van der Waals surface area contributed by atoms with E-state index in [2.05, 4.69) is 6.07 Å². The van der Waals surface area contributed by atoms with Gasteiger partial charge in [-0.2, -0.15) is 5.26 Å². The van der Waals surface area contributed by atoms with Crippen LogP contribution in [0.25, 0.3) is 11.6 Å². The van der Waals surface area contributed by atoms with Crippen LogP contribution in [0.3, 0.4) is 0 Å². The van der Waals surface area contributed by atoms with E-state index >= 15 is 0 Å². The van der Waals surface area contributed by atoms with Gasteiger partial charge >= 0.3 is 0 Å². The maximum absolute atomic E-state index is 11.3. The van der Waals surface area contributed by atoms with Crippen LogP contribution in [0.15, 0.2) is 36.4 Å². The quantitative estimate of drug-likeness (QED) is 0.323. The minimum atomic E-state index is -0.394. The molecule has 0 aliphatic carbocycles. The molecule has 6 heteroatoms. The first-order valence-electron chi connectivity index (χ1n) is 8.03. The van der Waals surface area contributed by atoms with E-state index in [0.717, 1.165) is 0 Å². The first-order chi connectivity index (χ1) is 12.4. The van der Waals surface area contributed by atoms with Crippen LogP contribution in [-0.4, -0.2) is 19.1 Å². The average Bonchev–Trinajstić information content (AvgIpc) is 2.65. The van der Waals surface area contributed by atoms with Crippen LogP contribution >= 0.6 is 0 Å². The first kappa shape index (κ1) is 19.0. The number of hydrogen-bond acceptors (Lipinski definition) is 5. The van der Waals surface area contributed by atoms with E-state index < -0.39 is 4.92 Å². The van der Waals surface area contributed by atoms with Crippen molar-refractivity contribution in [1.29, 1.82) is 5.26 Å². The van der Waals surface area contributed by atoms with Gasteiger partial charge in [0.2, 0.25) is 0 Å². The second-order valence-corrected chi connectivity index (χ2v) is 5.97. The Morgan fingerprint density at radius 2 is 1.85 bits per heavy atom. The highest BCUT2D eigenvalue weighted by molar-refractivity contribution is 5.90. The van der Waals surface area contributed by atoms with Crippen LogP contribution in [-0.2, 0) is 0 Å². The van der Waals surface area contributed by atoms with Crippen LogP contribution in [0, 0.1) is 21.4 Å². The monoisotopic (exact) mass is 352 g/mol. The molecule has 6 nitrogen and oxygen atoms in total. The maximum atomic E-state index is 11.3. The number of allylic oxidation sites excluding steroid dienone is 1. The molecule has 134 valence electrons. The van der Waals surface area contributed by atoms with Gasteiger partial charge in [-0.15, -0.1) is 0 Å².